The summed E-state index contributed by atoms with van der Waals surface area (Å²) in [6.07, 6.45) is 1.60. The van der Waals surface area contributed by atoms with Crippen LogP contribution in [-0.4, -0.2) is 17.3 Å². The Balaban J connectivity index is 1.34. The highest BCUT2D eigenvalue weighted by Gasteiger charge is 2.18. The van der Waals surface area contributed by atoms with Crippen LogP contribution in [0.5, 0.6) is 5.75 Å². The topological polar surface area (TPSA) is 62.7 Å². The third kappa shape index (κ3) is 5.44. The minimum Gasteiger partial charge on any atom is -0.422 e. The van der Waals surface area contributed by atoms with Crippen LogP contribution in [0.2, 0.25) is 10.0 Å². The van der Waals surface area contributed by atoms with Gasteiger partial charge in [-0.2, -0.15) is 5.10 Å². The summed E-state index contributed by atoms with van der Waals surface area (Å²) in [6, 6.07) is 21.7. The molecule has 3 aromatic carbocycles. The van der Waals surface area contributed by atoms with Gasteiger partial charge in [0, 0.05) is 20.8 Å². The van der Waals surface area contributed by atoms with Gasteiger partial charge < -0.3 is 10.1 Å². The van der Waals surface area contributed by atoms with Crippen LogP contribution < -0.4 is 15.5 Å². The molecule has 0 radical (unpaired) electrons. The van der Waals surface area contributed by atoms with E-state index in [1.807, 2.05) is 36.4 Å². The Morgan fingerprint density at radius 1 is 1.03 bits per heavy atom. The van der Waals surface area contributed by atoms with Crippen molar-refractivity contribution < 1.29 is 9.53 Å². The molecule has 0 aliphatic carbocycles. The lowest BCUT2D eigenvalue weighted by molar-refractivity contribution is 0.0740. The van der Waals surface area contributed by atoms with E-state index in [4.69, 9.17) is 40.2 Å². The molecular weight excluding hydrogens is 485 g/mol. The molecule has 0 aliphatic heterocycles. The number of carbonyl (C=O) groups excluding carboxylic acids is 1. The number of thiocarbonyl (C=S) groups is 1. The molecule has 0 unspecified atom stereocenters. The zero-order valence-corrected chi connectivity index (χ0v) is 19.5. The normalized spacial score (nSPS) is 10.9. The maximum absolute atomic E-state index is 12.5. The Labute approximate surface area is 203 Å². The van der Waals surface area contributed by atoms with Gasteiger partial charge in [-0.05, 0) is 66.3 Å². The van der Waals surface area contributed by atoms with Gasteiger partial charge in [-0.3, -0.25) is 5.43 Å². The summed E-state index contributed by atoms with van der Waals surface area (Å²) in [5.74, 6) is -0.0801. The van der Waals surface area contributed by atoms with Crippen molar-refractivity contribution in [2.75, 3.05) is 5.32 Å². The van der Waals surface area contributed by atoms with Gasteiger partial charge in [0.05, 0.1) is 11.2 Å². The average Bonchev–Trinajstić information content (AvgIpc) is 3.12. The number of nitrogens with zero attached hydrogens (tertiary/aromatic N) is 1. The molecule has 0 atom stereocenters. The summed E-state index contributed by atoms with van der Waals surface area (Å²) in [7, 11) is 0. The van der Waals surface area contributed by atoms with Gasteiger partial charge in [-0.1, -0.05) is 47.5 Å². The zero-order valence-electron chi connectivity index (χ0n) is 16.3. The summed E-state index contributed by atoms with van der Waals surface area (Å²) < 4.78 is 6.41. The molecular formula is C23H15Cl2N3O2S2. The second-order valence-electron chi connectivity index (χ2n) is 6.53. The van der Waals surface area contributed by atoms with Crippen LogP contribution in [0, 0.1) is 0 Å². The second kappa shape index (κ2) is 10.1. The smallest absolute Gasteiger partial charge is 0.355 e. The van der Waals surface area contributed by atoms with Crippen molar-refractivity contribution in [3.63, 3.8) is 0 Å². The summed E-state index contributed by atoms with van der Waals surface area (Å²) in [4.78, 5) is 12.9. The van der Waals surface area contributed by atoms with Gasteiger partial charge in [0.15, 0.2) is 5.11 Å². The van der Waals surface area contributed by atoms with Gasteiger partial charge in [0.25, 0.3) is 0 Å². The maximum atomic E-state index is 12.5. The fourth-order valence-electron chi connectivity index (χ4n) is 2.81. The van der Waals surface area contributed by atoms with E-state index in [0.717, 1.165) is 21.3 Å². The number of anilines is 1. The van der Waals surface area contributed by atoms with E-state index in [9.17, 15) is 4.79 Å². The molecule has 0 saturated heterocycles. The molecule has 9 heteroatoms. The summed E-state index contributed by atoms with van der Waals surface area (Å²) >= 11 is 18.8. The van der Waals surface area contributed by atoms with Crippen molar-refractivity contribution in [2.24, 2.45) is 5.10 Å². The van der Waals surface area contributed by atoms with E-state index in [-0.39, 0.29) is 0 Å². The lowest BCUT2D eigenvalue weighted by Crippen LogP contribution is -2.23. The standard InChI is InChI=1S/C23H15Cl2N3O2S2/c24-15-4-3-5-16(12-15)27-23(31)28-26-13-14-8-10-17(11-9-14)30-22(29)21-20(25)18-6-1-2-7-19(18)32-21/h1-13H,(H2,27,28,31)/b26-13-. The number of benzene rings is 3. The van der Waals surface area contributed by atoms with Crippen molar-refractivity contribution in [2.45, 2.75) is 0 Å². The highest BCUT2D eigenvalue weighted by molar-refractivity contribution is 7.80. The van der Waals surface area contributed by atoms with Gasteiger partial charge in [-0.25, -0.2) is 4.79 Å². The second-order valence-corrected chi connectivity index (χ2v) is 8.81. The van der Waals surface area contributed by atoms with E-state index >= 15 is 0 Å². The number of esters is 1. The molecule has 4 rings (SSSR count). The number of carbonyl (C=O) groups is 1. The number of hydrogen-bond donors (Lipinski definition) is 2. The van der Waals surface area contributed by atoms with Gasteiger partial charge in [0.2, 0.25) is 0 Å². The third-order valence-corrected chi connectivity index (χ3v) is 6.36. The van der Waals surface area contributed by atoms with Crippen molar-refractivity contribution in [3.05, 3.63) is 93.3 Å². The van der Waals surface area contributed by atoms with Crippen LogP contribution in [0.1, 0.15) is 15.2 Å². The first kappa shape index (κ1) is 22.2. The number of hydrogen-bond acceptors (Lipinski definition) is 5. The average molecular weight is 500 g/mol. The molecule has 0 aliphatic rings. The van der Waals surface area contributed by atoms with Crippen LogP contribution in [0.4, 0.5) is 5.69 Å². The minimum absolute atomic E-state index is 0.328. The third-order valence-electron chi connectivity index (χ3n) is 4.27. The lowest BCUT2D eigenvalue weighted by atomic mass is 10.2. The van der Waals surface area contributed by atoms with E-state index in [0.29, 0.717) is 25.8 Å². The molecule has 0 spiro atoms. The number of halogens is 2. The quantitative estimate of drug-likeness (QED) is 0.104. The Hall–Kier alpha value is -2.97. The molecule has 1 heterocycles. The van der Waals surface area contributed by atoms with Crippen molar-refractivity contribution in [3.8, 4) is 5.75 Å². The Morgan fingerprint density at radius 3 is 2.56 bits per heavy atom. The molecule has 1 aromatic heterocycles. The van der Waals surface area contributed by atoms with Gasteiger partial charge >= 0.3 is 5.97 Å². The number of thiophene rings is 1. The van der Waals surface area contributed by atoms with Crippen LogP contribution >= 0.6 is 46.8 Å². The first-order valence-electron chi connectivity index (χ1n) is 9.34. The van der Waals surface area contributed by atoms with Crippen molar-refractivity contribution >= 4 is 79.8 Å². The first-order chi connectivity index (χ1) is 15.5. The molecule has 0 bridgehead atoms. The number of nitrogens with one attached hydrogen (secondary N) is 2. The maximum Gasteiger partial charge on any atom is 0.355 e. The summed E-state index contributed by atoms with van der Waals surface area (Å²) in [5.41, 5.74) is 4.29. The monoisotopic (exact) mass is 499 g/mol. The van der Waals surface area contributed by atoms with E-state index in [2.05, 4.69) is 15.8 Å². The summed E-state index contributed by atoms with van der Waals surface area (Å²) in [6.45, 7) is 0. The van der Waals surface area contributed by atoms with E-state index in [1.165, 1.54) is 11.3 Å². The largest absolute Gasteiger partial charge is 0.422 e. The number of rotatable bonds is 5. The lowest BCUT2D eigenvalue weighted by Gasteiger charge is -2.07. The highest BCUT2D eigenvalue weighted by atomic mass is 35.5. The van der Waals surface area contributed by atoms with Crippen LogP contribution in [0.15, 0.2) is 77.9 Å². The molecule has 2 N–H and O–H groups in total. The predicted molar refractivity (Wildman–Crippen MR) is 137 cm³/mol. The number of fused-ring (bicyclic) bond motifs is 1. The van der Waals surface area contributed by atoms with Crippen LogP contribution in [0.25, 0.3) is 10.1 Å². The van der Waals surface area contributed by atoms with Crippen LogP contribution in [-0.2, 0) is 0 Å². The molecule has 4 aromatic rings. The molecule has 0 amide bonds. The van der Waals surface area contributed by atoms with Crippen LogP contribution in [0.3, 0.4) is 0 Å². The van der Waals surface area contributed by atoms with Crippen molar-refractivity contribution in [1.29, 1.82) is 0 Å². The highest BCUT2D eigenvalue weighted by Crippen LogP contribution is 2.35. The first-order valence-corrected chi connectivity index (χ1v) is 11.3. The van der Waals surface area contributed by atoms with E-state index < -0.39 is 5.97 Å². The fourth-order valence-corrected chi connectivity index (χ4v) is 4.56. The molecule has 5 nitrogen and oxygen atoms in total. The van der Waals surface area contributed by atoms with Crippen molar-refractivity contribution in [1.82, 2.24) is 5.43 Å². The molecule has 0 fully saturated rings. The molecule has 160 valence electrons. The Kier molecular flexibility index (Phi) is 7.02. The van der Waals surface area contributed by atoms with Gasteiger partial charge in [-0.15, -0.1) is 11.3 Å². The summed E-state index contributed by atoms with van der Waals surface area (Å²) in [5, 5.41) is 9.27. The van der Waals surface area contributed by atoms with E-state index in [1.54, 1.807) is 42.6 Å². The SMILES string of the molecule is O=C(Oc1ccc(/C=N\NC(=S)Nc2cccc(Cl)c2)cc1)c1sc2ccccc2c1Cl. The van der Waals surface area contributed by atoms with Gasteiger partial charge in [0.1, 0.15) is 10.6 Å². The fraction of sp³-hybridized carbons (Fsp3) is 0. The number of hydrazone groups is 1. The Bertz CT molecular complexity index is 1320. The minimum atomic E-state index is -0.489. The number of ether oxygens (including phenoxy) is 1. The molecule has 32 heavy (non-hydrogen) atoms. The molecule has 0 saturated carbocycles. The zero-order chi connectivity index (χ0) is 22.5. The predicted octanol–water partition coefficient (Wildman–Crippen LogP) is 6.75. The Morgan fingerprint density at radius 2 is 1.81 bits per heavy atom.